The molecule has 2 aliphatic rings. The first kappa shape index (κ1) is 11.9. The fraction of sp³-hybridized carbons (Fsp3) is 0.733. The minimum absolute atomic E-state index is 0.188. The molecule has 0 heterocycles. The maximum Gasteiger partial charge on any atom is 0.0755 e. The fourth-order valence-corrected chi connectivity index (χ4v) is 3.48. The molecule has 0 saturated heterocycles. The zero-order valence-electron chi connectivity index (χ0n) is 10.8. The highest BCUT2D eigenvalue weighted by Gasteiger charge is 2.44. The van der Waals surface area contributed by atoms with Gasteiger partial charge in [0.1, 0.15) is 0 Å². The van der Waals surface area contributed by atoms with Gasteiger partial charge in [0.15, 0.2) is 0 Å². The van der Waals surface area contributed by atoms with Crippen molar-refractivity contribution in [1.82, 2.24) is 0 Å². The maximum atomic E-state index is 10.1. The van der Waals surface area contributed by atoms with E-state index in [1.165, 1.54) is 17.6 Å². The molecule has 1 fully saturated rings. The Hall–Kier alpha value is -0.560. The van der Waals surface area contributed by atoms with E-state index in [4.69, 9.17) is 0 Å². The van der Waals surface area contributed by atoms with Gasteiger partial charge in [-0.25, -0.2) is 0 Å². The summed E-state index contributed by atoms with van der Waals surface area (Å²) in [6.45, 7) is 10.9. The number of aliphatic hydroxyl groups excluding tert-OH is 1. The summed E-state index contributed by atoms with van der Waals surface area (Å²) < 4.78 is 0. The second kappa shape index (κ2) is 4.03. The van der Waals surface area contributed by atoms with Crippen LogP contribution >= 0.6 is 0 Å². The van der Waals surface area contributed by atoms with E-state index in [-0.39, 0.29) is 11.5 Å². The van der Waals surface area contributed by atoms with Crippen LogP contribution in [0.3, 0.4) is 0 Å². The minimum atomic E-state index is -0.188. The van der Waals surface area contributed by atoms with Gasteiger partial charge in [-0.15, -0.1) is 0 Å². The third-order valence-electron chi connectivity index (χ3n) is 4.97. The van der Waals surface area contributed by atoms with Gasteiger partial charge in [-0.2, -0.15) is 0 Å². The first-order valence-corrected chi connectivity index (χ1v) is 6.49. The number of allylic oxidation sites excluding steroid dienone is 2. The Balaban J connectivity index is 2.32. The average Bonchev–Trinajstić information content (AvgIpc) is 2.23. The molecule has 0 aromatic carbocycles. The second-order valence-electron chi connectivity index (χ2n) is 6.05. The largest absolute Gasteiger partial charge is 0.389 e. The van der Waals surface area contributed by atoms with Gasteiger partial charge in [0.05, 0.1) is 6.10 Å². The van der Waals surface area contributed by atoms with Crippen LogP contribution in [0, 0.1) is 17.3 Å². The summed E-state index contributed by atoms with van der Waals surface area (Å²) in [7, 11) is 0. The van der Waals surface area contributed by atoms with Gasteiger partial charge >= 0.3 is 0 Å². The fourth-order valence-electron chi connectivity index (χ4n) is 3.48. The van der Waals surface area contributed by atoms with Gasteiger partial charge in [-0.1, -0.05) is 32.1 Å². The summed E-state index contributed by atoms with van der Waals surface area (Å²) in [6, 6.07) is 0. The monoisotopic (exact) mass is 220 g/mol. The van der Waals surface area contributed by atoms with Crippen LogP contribution in [-0.4, -0.2) is 11.2 Å². The van der Waals surface area contributed by atoms with Crippen molar-refractivity contribution in [1.29, 1.82) is 0 Å². The number of aliphatic hydroxyl groups is 1. The molecule has 1 heteroatoms. The lowest BCUT2D eigenvalue weighted by atomic mass is 9.57. The van der Waals surface area contributed by atoms with Gasteiger partial charge in [-0.3, -0.25) is 0 Å². The van der Waals surface area contributed by atoms with Crippen LogP contribution in [-0.2, 0) is 0 Å². The van der Waals surface area contributed by atoms with E-state index >= 15 is 0 Å². The molecule has 4 unspecified atom stereocenters. The Labute approximate surface area is 99.3 Å². The molecule has 1 N–H and O–H groups in total. The van der Waals surface area contributed by atoms with Crippen molar-refractivity contribution in [2.45, 2.75) is 52.6 Å². The highest BCUT2D eigenvalue weighted by Crippen LogP contribution is 2.52. The molecule has 2 aliphatic carbocycles. The van der Waals surface area contributed by atoms with Crippen LogP contribution in [0.5, 0.6) is 0 Å². The summed E-state index contributed by atoms with van der Waals surface area (Å²) in [5.41, 5.74) is 2.81. The van der Waals surface area contributed by atoms with E-state index in [0.717, 1.165) is 19.3 Å². The standard InChI is InChI=1S/C15H24O/c1-10(2)12-6-7-13-14(16)8-5-11(3)15(13,4)9-12/h7,11-12,14,16H,1,5-6,8-9H2,2-4H3. The van der Waals surface area contributed by atoms with Gasteiger partial charge in [0.25, 0.3) is 0 Å². The average molecular weight is 220 g/mol. The van der Waals surface area contributed by atoms with E-state index in [0.29, 0.717) is 11.8 Å². The molecule has 0 bridgehead atoms. The van der Waals surface area contributed by atoms with Crippen molar-refractivity contribution >= 4 is 0 Å². The Bertz CT molecular complexity index is 328. The molecule has 0 aliphatic heterocycles. The third kappa shape index (κ3) is 1.75. The normalized spacial score (nSPS) is 43.5. The van der Waals surface area contributed by atoms with Gasteiger partial charge in [-0.05, 0) is 55.4 Å². The number of fused-ring (bicyclic) bond motifs is 1. The molecule has 16 heavy (non-hydrogen) atoms. The van der Waals surface area contributed by atoms with Crippen molar-refractivity contribution in [3.63, 3.8) is 0 Å². The highest BCUT2D eigenvalue weighted by atomic mass is 16.3. The zero-order chi connectivity index (χ0) is 11.9. The summed E-state index contributed by atoms with van der Waals surface area (Å²) in [6.07, 6.45) is 6.45. The second-order valence-corrected chi connectivity index (χ2v) is 6.05. The Morgan fingerprint density at radius 2 is 2.19 bits per heavy atom. The SMILES string of the molecule is C=C(C)C1CC=C2C(O)CCC(C)C2(C)C1. The number of hydrogen-bond donors (Lipinski definition) is 1. The summed E-state index contributed by atoms with van der Waals surface area (Å²) in [5.74, 6) is 1.30. The predicted octanol–water partition coefficient (Wildman–Crippen LogP) is 3.70. The first-order valence-electron chi connectivity index (χ1n) is 6.49. The zero-order valence-corrected chi connectivity index (χ0v) is 10.8. The lowest BCUT2D eigenvalue weighted by Crippen LogP contribution is -2.42. The van der Waals surface area contributed by atoms with Crippen molar-refractivity contribution < 1.29 is 5.11 Å². The first-order chi connectivity index (χ1) is 7.45. The molecular weight excluding hydrogens is 196 g/mol. The molecule has 1 nitrogen and oxygen atoms in total. The van der Waals surface area contributed by atoms with Crippen LogP contribution in [0.25, 0.3) is 0 Å². The molecule has 0 aromatic rings. The van der Waals surface area contributed by atoms with Crippen molar-refractivity contribution in [3.05, 3.63) is 23.8 Å². The predicted molar refractivity (Wildman–Crippen MR) is 68.1 cm³/mol. The van der Waals surface area contributed by atoms with Crippen LogP contribution in [0.2, 0.25) is 0 Å². The third-order valence-corrected chi connectivity index (χ3v) is 4.97. The van der Waals surface area contributed by atoms with E-state index in [1.54, 1.807) is 0 Å². The number of rotatable bonds is 1. The molecule has 4 atom stereocenters. The smallest absolute Gasteiger partial charge is 0.0755 e. The molecule has 0 amide bonds. The molecule has 1 saturated carbocycles. The molecule has 0 spiro atoms. The van der Waals surface area contributed by atoms with Crippen molar-refractivity contribution in [3.8, 4) is 0 Å². The van der Waals surface area contributed by atoms with E-state index in [2.05, 4.69) is 33.4 Å². The Morgan fingerprint density at radius 3 is 2.81 bits per heavy atom. The highest BCUT2D eigenvalue weighted by molar-refractivity contribution is 5.27. The maximum absolute atomic E-state index is 10.1. The van der Waals surface area contributed by atoms with Crippen LogP contribution in [0.15, 0.2) is 23.8 Å². The molecule has 0 aromatic heterocycles. The quantitative estimate of drug-likeness (QED) is 0.668. The Kier molecular flexibility index (Phi) is 3.00. The van der Waals surface area contributed by atoms with Crippen LogP contribution < -0.4 is 0 Å². The lowest BCUT2D eigenvalue weighted by Gasteiger charge is -2.49. The van der Waals surface area contributed by atoms with E-state index < -0.39 is 0 Å². The van der Waals surface area contributed by atoms with Gasteiger partial charge in [0.2, 0.25) is 0 Å². The van der Waals surface area contributed by atoms with Crippen LogP contribution in [0.4, 0.5) is 0 Å². The van der Waals surface area contributed by atoms with Crippen molar-refractivity contribution in [2.24, 2.45) is 17.3 Å². The van der Waals surface area contributed by atoms with Crippen molar-refractivity contribution in [2.75, 3.05) is 0 Å². The van der Waals surface area contributed by atoms with Gasteiger partial charge < -0.3 is 5.11 Å². The molecule has 0 radical (unpaired) electrons. The summed E-state index contributed by atoms with van der Waals surface area (Å²) >= 11 is 0. The Morgan fingerprint density at radius 1 is 1.50 bits per heavy atom. The van der Waals surface area contributed by atoms with Gasteiger partial charge in [0, 0.05) is 0 Å². The summed E-state index contributed by atoms with van der Waals surface area (Å²) in [5, 5.41) is 10.1. The summed E-state index contributed by atoms with van der Waals surface area (Å²) in [4.78, 5) is 0. The minimum Gasteiger partial charge on any atom is -0.389 e. The molecule has 2 rings (SSSR count). The van der Waals surface area contributed by atoms with E-state index in [9.17, 15) is 5.11 Å². The molecule has 90 valence electrons. The van der Waals surface area contributed by atoms with E-state index in [1.807, 2.05) is 0 Å². The molecular formula is C15H24O. The lowest BCUT2D eigenvalue weighted by molar-refractivity contribution is 0.0658. The number of hydrogen-bond acceptors (Lipinski definition) is 1. The van der Waals surface area contributed by atoms with Crippen LogP contribution in [0.1, 0.15) is 46.5 Å². The topological polar surface area (TPSA) is 20.2 Å².